The maximum atomic E-state index is 12.9. The molecule has 1 aromatic rings. The number of nitrogens with zero attached hydrogens (tertiary/aromatic N) is 2. The lowest BCUT2D eigenvalue weighted by molar-refractivity contribution is -0.131. The normalized spacial score (nSPS) is 16.9. The molecule has 0 aliphatic carbocycles. The molecule has 5 N–H and O–H groups in total. The van der Waals surface area contributed by atoms with Gasteiger partial charge in [0.1, 0.15) is 12.3 Å². The first-order chi connectivity index (χ1) is 12.5. The fourth-order valence-corrected chi connectivity index (χ4v) is 3.10. The van der Waals surface area contributed by atoms with E-state index in [1.54, 1.807) is 29.2 Å². The maximum Gasteiger partial charge on any atom is 0.254 e. The van der Waals surface area contributed by atoms with Crippen LogP contribution in [0.3, 0.4) is 0 Å². The van der Waals surface area contributed by atoms with E-state index < -0.39 is 12.1 Å². The van der Waals surface area contributed by atoms with Crippen molar-refractivity contribution in [3.8, 4) is 0 Å². The molecule has 1 aliphatic heterocycles. The zero-order valence-electron chi connectivity index (χ0n) is 15.0. The molecule has 0 unspecified atom stereocenters. The Kier molecular flexibility index (Phi) is 8.90. The molecular formula is C18H26ClN5O3. The Hall–Kier alpha value is -2.45. The van der Waals surface area contributed by atoms with Gasteiger partial charge in [-0.2, -0.15) is 0 Å². The molecule has 1 aromatic carbocycles. The van der Waals surface area contributed by atoms with Gasteiger partial charge < -0.3 is 21.2 Å². The Bertz CT molecular complexity index is 670. The molecule has 2 amide bonds. The van der Waals surface area contributed by atoms with E-state index in [0.717, 1.165) is 6.42 Å². The fraction of sp³-hybridized carbons (Fsp3) is 0.444. The second-order valence-electron chi connectivity index (χ2n) is 6.34. The second-order valence-corrected chi connectivity index (χ2v) is 6.34. The SMILES string of the molecule is Cl.N=C(N)N(CCC[C@H](N)C=O)C(=O)[C@@H]1CCCN1C(=O)c1ccccc1. The summed E-state index contributed by atoms with van der Waals surface area (Å²) in [4.78, 5) is 38.9. The van der Waals surface area contributed by atoms with E-state index >= 15 is 0 Å². The van der Waals surface area contributed by atoms with Crippen LogP contribution in [0.4, 0.5) is 0 Å². The molecule has 1 fully saturated rings. The minimum absolute atomic E-state index is 0. The summed E-state index contributed by atoms with van der Waals surface area (Å²) in [5, 5.41) is 7.69. The van der Waals surface area contributed by atoms with Crippen LogP contribution >= 0.6 is 12.4 Å². The van der Waals surface area contributed by atoms with Crippen LogP contribution in [0.1, 0.15) is 36.0 Å². The molecule has 2 rings (SSSR count). The quantitative estimate of drug-likeness (QED) is 0.355. The number of nitrogens with one attached hydrogen (secondary N) is 1. The molecule has 8 nitrogen and oxygen atoms in total. The van der Waals surface area contributed by atoms with Gasteiger partial charge in [-0.1, -0.05) is 18.2 Å². The zero-order valence-corrected chi connectivity index (χ0v) is 15.9. The van der Waals surface area contributed by atoms with E-state index in [1.165, 1.54) is 4.90 Å². The number of aldehydes is 1. The van der Waals surface area contributed by atoms with Crippen LogP contribution in [0.5, 0.6) is 0 Å². The fourth-order valence-electron chi connectivity index (χ4n) is 3.10. The lowest BCUT2D eigenvalue weighted by atomic mass is 10.1. The lowest BCUT2D eigenvalue weighted by Gasteiger charge is -2.29. The maximum absolute atomic E-state index is 12.9. The Morgan fingerprint density at radius 2 is 2.00 bits per heavy atom. The Labute approximate surface area is 164 Å². The number of hydrogen-bond acceptors (Lipinski definition) is 5. The van der Waals surface area contributed by atoms with Crippen LogP contribution in [0.2, 0.25) is 0 Å². The molecule has 27 heavy (non-hydrogen) atoms. The number of halogens is 1. The van der Waals surface area contributed by atoms with E-state index in [9.17, 15) is 14.4 Å². The van der Waals surface area contributed by atoms with Crippen molar-refractivity contribution in [1.82, 2.24) is 9.80 Å². The predicted molar refractivity (Wildman–Crippen MR) is 105 cm³/mol. The van der Waals surface area contributed by atoms with Gasteiger partial charge >= 0.3 is 0 Å². The van der Waals surface area contributed by atoms with Crippen LogP contribution in [0.25, 0.3) is 0 Å². The number of benzene rings is 1. The van der Waals surface area contributed by atoms with Gasteiger partial charge in [0.05, 0.1) is 6.04 Å². The van der Waals surface area contributed by atoms with E-state index in [2.05, 4.69) is 0 Å². The van der Waals surface area contributed by atoms with Crippen molar-refractivity contribution in [2.75, 3.05) is 13.1 Å². The van der Waals surface area contributed by atoms with Crippen LogP contribution < -0.4 is 11.5 Å². The largest absolute Gasteiger partial charge is 0.370 e. The Morgan fingerprint density at radius 3 is 2.59 bits per heavy atom. The van der Waals surface area contributed by atoms with Crippen molar-refractivity contribution in [2.45, 2.75) is 37.8 Å². The van der Waals surface area contributed by atoms with Gasteiger partial charge in [0, 0.05) is 18.7 Å². The lowest BCUT2D eigenvalue weighted by Crippen LogP contribution is -2.52. The minimum Gasteiger partial charge on any atom is -0.370 e. The van der Waals surface area contributed by atoms with Gasteiger partial charge in [-0.25, -0.2) is 0 Å². The Balaban J connectivity index is 0.00000364. The third-order valence-corrected chi connectivity index (χ3v) is 4.47. The molecule has 0 aromatic heterocycles. The summed E-state index contributed by atoms with van der Waals surface area (Å²) in [6.07, 6.45) is 2.76. The average molecular weight is 396 g/mol. The molecule has 1 heterocycles. The third-order valence-electron chi connectivity index (χ3n) is 4.47. The van der Waals surface area contributed by atoms with Gasteiger partial charge in [-0.3, -0.25) is 19.9 Å². The summed E-state index contributed by atoms with van der Waals surface area (Å²) in [5.74, 6) is -0.930. The van der Waals surface area contributed by atoms with Gasteiger partial charge in [0.25, 0.3) is 11.8 Å². The van der Waals surface area contributed by atoms with Crippen LogP contribution in [0, 0.1) is 5.41 Å². The number of amides is 2. The first-order valence-corrected chi connectivity index (χ1v) is 8.68. The van der Waals surface area contributed by atoms with E-state index in [4.69, 9.17) is 16.9 Å². The molecule has 1 aliphatic rings. The highest BCUT2D eigenvalue weighted by Gasteiger charge is 2.37. The van der Waals surface area contributed by atoms with Crippen LogP contribution in [-0.4, -0.2) is 59.0 Å². The standard InChI is InChI=1S/C18H25N5O3.ClH/c19-14(12-24)8-4-11-23(18(20)21)17(26)15-9-5-10-22(15)16(25)13-6-2-1-3-7-13;/h1-3,6-7,12,14-15H,4-5,8-11,19H2,(H3,20,21);1H/t14-,15-;/m0./s1. The molecule has 0 saturated carbocycles. The highest BCUT2D eigenvalue weighted by atomic mass is 35.5. The first kappa shape index (κ1) is 22.6. The van der Waals surface area contributed by atoms with E-state index in [-0.39, 0.29) is 36.7 Å². The molecular weight excluding hydrogens is 370 g/mol. The average Bonchev–Trinajstić information content (AvgIpc) is 3.14. The molecule has 2 atom stereocenters. The Morgan fingerprint density at radius 1 is 1.33 bits per heavy atom. The number of nitrogens with two attached hydrogens (primary N) is 2. The summed E-state index contributed by atoms with van der Waals surface area (Å²) >= 11 is 0. The smallest absolute Gasteiger partial charge is 0.254 e. The highest BCUT2D eigenvalue weighted by Crippen LogP contribution is 2.22. The van der Waals surface area contributed by atoms with Gasteiger partial charge in [0.15, 0.2) is 5.96 Å². The minimum atomic E-state index is -0.633. The van der Waals surface area contributed by atoms with E-state index in [0.29, 0.717) is 37.7 Å². The number of carbonyl (C=O) groups excluding carboxylic acids is 3. The molecule has 0 spiro atoms. The topological polar surface area (TPSA) is 134 Å². The second kappa shape index (κ2) is 10.6. The number of guanidine groups is 1. The van der Waals surface area contributed by atoms with E-state index in [1.807, 2.05) is 6.07 Å². The zero-order chi connectivity index (χ0) is 19.1. The molecule has 0 bridgehead atoms. The number of rotatable bonds is 7. The molecule has 0 radical (unpaired) electrons. The predicted octanol–water partition coefficient (Wildman–Crippen LogP) is 0.741. The third kappa shape index (κ3) is 5.77. The summed E-state index contributed by atoms with van der Waals surface area (Å²) in [7, 11) is 0. The number of likely N-dealkylation sites (tertiary alicyclic amines) is 1. The van der Waals surface area contributed by atoms with Gasteiger partial charge in [-0.15, -0.1) is 12.4 Å². The van der Waals surface area contributed by atoms with Crippen LogP contribution in [-0.2, 0) is 9.59 Å². The summed E-state index contributed by atoms with van der Waals surface area (Å²) in [6, 6.07) is 7.58. The van der Waals surface area contributed by atoms with Crippen molar-refractivity contribution < 1.29 is 14.4 Å². The molecule has 148 valence electrons. The van der Waals surface area contributed by atoms with Crippen LogP contribution in [0.15, 0.2) is 30.3 Å². The van der Waals surface area contributed by atoms with Crippen molar-refractivity contribution >= 4 is 36.5 Å². The summed E-state index contributed by atoms with van der Waals surface area (Å²) < 4.78 is 0. The van der Waals surface area contributed by atoms with Crippen molar-refractivity contribution in [2.24, 2.45) is 11.5 Å². The monoisotopic (exact) mass is 395 g/mol. The van der Waals surface area contributed by atoms with Crippen molar-refractivity contribution in [3.05, 3.63) is 35.9 Å². The number of carbonyl (C=O) groups is 3. The number of hydrogen-bond donors (Lipinski definition) is 3. The first-order valence-electron chi connectivity index (χ1n) is 8.68. The highest BCUT2D eigenvalue weighted by molar-refractivity contribution is 6.02. The van der Waals surface area contributed by atoms with Crippen molar-refractivity contribution in [3.63, 3.8) is 0 Å². The summed E-state index contributed by atoms with van der Waals surface area (Å²) in [5.41, 5.74) is 11.6. The molecule has 9 heteroatoms. The van der Waals surface area contributed by atoms with Crippen molar-refractivity contribution in [1.29, 1.82) is 5.41 Å². The van der Waals surface area contributed by atoms with Gasteiger partial charge in [0.2, 0.25) is 0 Å². The van der Waals surface area contributed by atoms with Gasteiger partial charge in [-0.05, 0) is 37.8 Å². The molecule has 1 saturated heterocycles. The summed E-state index contributed by atoms with van der Waals surface area (Å²) in [6.45, 7) is 0.686.